The van der Waals surface area contributed by atoms with Crippen molar-refractivity contribution >= 4 is 5.97 Å². The van der Waals surface area contributed by atoms with Gasteiger partial charge in [0.2, 0.25) is 5.88 Å². The topological polar surface area (TPSA) is 68.7 Å². The zero-order valence-electron chi connectivity index (χ0n) is 10.4. The van der Waals surface area contributed by atoms with Crippen LogP contribution < -0.4 is 9.47 Å². The van der Waals surface area contributed by atoms with Crippen molar-refractivity contribution < 1.29 is 19.4 Å². The number of rotatable bonds is 5. The van der Waals surface area contributed by atoms with Gasteiger partial charge < -0.3 is 14.6 Å². The number of nitrogens with zero attached hydrogens (tertiary/aromatic N) is 1. The number of benzene rings is 1. The summed E-state index contributed by atoms with van der Waals surface area (Å²) in [5, 5.41) is 8.87. The van der Waals surface area contributed by atoms with E-state index in [4.69, 9.17) is 14.6 Å². The third-order valence-electron chi connectivity index (χ3n) is 2.34. The molecule has 0 aliphatic rings. The molecule has 0 amide bonds. The number of aromatic nitrogens is 1. The maximum absolute atomic E-state index is 10.8. The van der Waals surface area contributed by atoms with Crippen molar-refractivity contribution in [1.82, 2.24) is 4.98 Å². The monoisotopic (exact) mass is 259 g/mol. The third-order valence-corrected chi connectivity index (χ3v) is 2.34. The second kappa shape index (κ2) is 5.86. The molecule has 1 aromatic carbocycles. The van der Waals surface area contributed by atoms with Gasteiger partial charge >= 0.3 is 5.97 Å². The Balaban J connectivity index is 2.12. The molecule has 0 unspecified atom stereocenters. The van der Waals surface area contributed by atoms with Crippen LogP contribution in [0.4, 0.5) is 0 Å². The molecule has 0 atom stereocenters. The first kappa shape index (κ1) is 12.9. The van der Waals surface area contributed by atoms with Crippen LogP contribution in [-0.4, -0.2) is 22.7 Å². The van der Waals surface area contributed by atoms with Crippen molar-refractivity contribution in [2.75, 3.05) is 6.61 Å². The summed E-state index contributed by atoms with van der Waals surface area (Å²) in [5.74, 6) is 0.545. The van der Waals surface area contributed by atoms with Gasteiger partial charge in [0.05, 0.1) is 12.2 Å². The van der Waals surface area contributed by atoms with E-state index in [-0.39, 0.29) is 11.4 Å². The zero-order chi connectivity index (χ0) is 13.7. The van der Waals surface area contributed by atoms with Gasteiger partial charge in [0.15, 0.2) is 0 Å². The van der Waals surface area contributed by atoms with E-state index < -0.39 is 5.97 Å². The van der Waals surface area contributed by atoms with Crippen LogP contribution >= 0.6 is 0 Å². The minimum Gasteiger partial charge on any atom is -0.494 e. The van der Waals surface area contributed by atoms with Crippen molar-refractivity contribution in [3.8, 4) is 17.4 Å². The molecule has 1 N–H and O–H groups in total. The minimum atomic E-state index is -1.01. The van der Waals surface area contributed by atoms with Crippen molar-refractivity contribution in [1.29, 1.82) is 0 Å². The van der Waals surface area contributed by atoms with Crippen molar-refractivity contribution in [2.45, 2.75) is 6.92 Å². The first-order chi connectivity index (χ1) is 9.19. The average Bonchev–Trinajstić information content (AvgIpc) is 2.42. The van der Waals surface area contributed by atoms with Gasteiger partial charge in [-0.3, -0.25) is 0 Å². The molecule has 1 heterocycles. The predicted octanol–water partition coefficient (Wildman–Crippen LogP) is 2.97. The van der Waals surface area contributed by atoms with Crippen LogP contribution in [-0.2, 0) is 0 Å². The lowest BCUT2D eigenvalue weighted by atomic mass is 10.3. The summed E-state index contributed by atoms with van der Waals surface area (Å²) in [6.07, 6.45) is 1.40. The van der Waals surface area contributed by atoms with Crippen LogP contribution in [0.5, 0.6) is 17.4 Å². The fourth-order valence-corrected chi connectivity index (χ4v) is 1.49. The number of carboxylic acid groups (broad SMARTS) is 1. The Morgan fingerprint density at radius 1 is 1.21 bits per heavy atom. The number of carbonyl (C=O) groups is 1. The quantitative estimate of drug-likeness (QED) is 0.893. The van der Waals surface area contributed by atoms with Gasteiger partial charge in [-0.25, -0.2) is 9.78 Å². The van der Waals surface area contributed by atoms with Gasteiger partial charge in [-0.05, 0) is 37.3 Å². The Hall–Kier alpha value is -2.56. The molecule has 0 saturated heterocycles. The first-order valence-corrected chi connectivity index (χ1v) is 5.79. The van der Waals surface area contributed by atoms with E-state index in [1.807, 2.05) is 6.92 Å². The Labute approximate surface area is 110 Å². The highest BCUT2D eigenvalue weighted by atomic mass is 16.5. The molecular weight excluding hydrogens is 246 g/mol. The Bertz CT molecular complexity index is 566. The SMILES string of the molecule is CCOc1ccc(Oc2cc(C(=O)O)ccn2)cc1. The molecule has 0 fully saturated rings. The second-order valence-electron chi connectivity index (χ2n) is 3.69. The average molecular weight is 259 g/mol. The maximum atomic E-state index is 10.8. The molecule has 2 rings (SSSR count). The van der Waals surface area contributed by atoms with E-state index in [0.717, 1.165) is 5.75 Å². The largest absolute Gasteiger partial charge is 0.494 e. The lowest BCUT2D eigenvalue weighted by Gasteiger charge is -2.06. The normalized spacial score (nSPS) is 9.95. The van der Waals surface area contributed by atoms with Crippen molar-refractivity contribution in [3.05, 3.63) is 48.2 Å². The molecule has 5 heteroatoms. The molecule has 19 heavy (non-hydrogen) atoms. The van der Waals surface area contributed by atoms with E-state index in [0.29, 0.717) is 12.4 Å². The fraction of sp³-hybridized carbons (Fsp3) is 0.143. The van der Waals surface area contributed by atoms with Gasteiger partial charge in [-0.2, -0.15) is 0 Å². The van der Waals surface area contributed by atoms with Crippen LogP contribution in [0.25, 0.3) is 0 Å². The summed E-state index contributed by atoms with van der Waals surface area (Å²) in [5.41, 5.74) is 0.135. The van der Waals surface area contributed by atoms with Crippen LogP contribution in [0, 0.1) is 0 Å². The number of hydrogen-bond donors (Lipinski definition) is 1. The second-order valence-corrected chi connectivity index (χ2v) is 3.69. The summed E-state index contributed by atoms with van der Waals surface area (Å²) >= 11 is 0. The minimum absolute atomic E-state index is 0.135. The highest BCUT2D eigenvalue weighted by Gasteiger charge is 2.05. The van der Waals surface area contributed by atoms with E-state index >= 15 is 0 Å². The fourth-order valence-electron chi connectivity index (χ4n) is 1.49. The van der Waals surface area contributed by atoms with E-state index in [9.17, 15) is 4.79 Å². The summed E-state index contributed by atoms with van der Waals surface area (Å²) in [6.45, 7) is 2.51. The lowest BCUT2D eigenvalue weighted by Crippen LogP contribution is -1.97. The van der Waals surface area contributed by atoms with Gasteiger partial charge in [-0.1, -0.05) is 0 Å². The highest BCUT2D eigenvalue weighted by Crippen LogP contribution is 2.22. The first-order valence-electron chi connectivity index (χ1n) is 5.79. The van der Waals surface area contributed by atoms with Gasteiger partial charge in [0, 0.05) is 12.3 Å². The maximum Gasteiger partial charge on any atom is 0.335 e. The van der Waals surface area contributed by atoms with Crippen LogP contribution in [0.1, 0.15) is 17.3 Å². The summed E-state index contributed by atoms with van der Waals surface area (Å²) in [6, 6.07) is 9.81. The Morgan fingerprint density at radius 3 is 2.53 bits per heavy atom. The van der Waals surface area contributed by atoms with Gasteiger partial charge in [-0.15, -0.1) is 0 Å². The van der Waals surface area contributed by atoms with E-state index in [1.54, 1.807) is 24.3 Å². The lowest BCUT2D eigenvalue weighted by molar-refractivity contribution is 0.0696. The molecule has 5 nitrogen and oxygen atoms in total. The number of hydrogen-bond acceptors (Lipinski definition) is 4. The van der Waals surface area contributed by atoms with Crippen LogP contribution in [0.2, 0.25) is 0 Å². The molecule has 0 spiro atoms. The number of aromatic carboxylic acids is 1. The van der Waals surface area contributed by atoms with E-state index in [2.05, 4.69) is 4.98 Å². The molecule has 0 bridgehead atoms. The number of carboxylic acids is 1. The Morgan fingerprint density at radius 2 is 1.89 bits per heavy atom. The molecule has 1 aromatic heterocycles. The number of pyridine rings is 1. The summed E-state index contributed by atoms with van der Waals surface area (Å²) in [7, 11) is 0. The van der Waals surface area contributed by atoms with Gasteiger partial charge in [0.25, 0.3) is 0 Å². The smallest absolute Gasteiger partial charge is 0.335 e. The predicted molar refractivity (Wildman–Crippen MR) is 68.9 cm³/mol. The van der Waals surface area contributed by atoms with E-state index in [1.165, 1.54) is 18.3 Å². The molecule has 2 aromatic rings. The van der Waals surface area contributed by atoms with Crippen molar-refractivity contribution in [3.63, 3.8) is 0 Å². The highest BCUT2D eigenvalue weighted by molar-refractivity contribution is 5.87. The standard InChI is InChI=1S/C14H13NO4/c1-2-18-11-3-5-12(6-4-11)19-13-9-10(14(16)17)7-8-15-13/h3-9H,2H2,1H3,(H,16,17). The third kappa shape index (κ3) is 3.45. The molecule has 0 saturated carbocycles. The van der Waals surface area contributed by atoms with Crippen LogP contribution in [0.15, 0.2) is 42.6 Å². The number of ether oxygens (including phenoxy) is 2. The summed E-state index contributed by atoms with van der Waals surface area (Å²) < 4.78 is 10.8. The molecule has 0 aliphatic heterocycles. The van der Waals surface area contributed by atoms with Crippen molar-refractivity contribution in [2.24, 2.45) is 0 Å². The molecule has 0 radical (unpaired) electrons. The Kier molecular flexibility index (Phi) is 3.97. The zero-order valence-corrected chi connectivity index (χ0v) is 10.4. The molecule has 0 aliphatic carbocycles. The summed E-state index contributed by atoms with van der Waals surface area (Å²) in [4.78, 5) is 14.8. The van der Waals surface area contributed by atoms with Crippen LogP contribution in [0.3, 0.4) is 0 Å². The molecular formula is C14H13NO4. The molecule has 98 valence electrons. The van der Waals surface area contributed by atoms with Gasteiger partial charge in [0.1, 0.15) is 11.5 Å².